The number of carbonyl (C=O) groups excluding carboxylic acids is 1. The molecule has 154 valence electrons. The Labute approximate surface area is 173 Å². The third kappa shape index (κ3) is 4.62. The van der Waals surface area contributed by atoms with Gasteiger partial charge < -0.3 is 9.64 Å². The summed E-state index contributed by atoms with van der Waals surface area (Å²) < 4.78 is 5.24. The van der Waals surface area contributed by atoms with Crippen LogP contribution in [0.15, 0.2) is 48.5 Å². The van der Waals surface area contributed by atoms with Crippen molar-refractivity contribution in [1.82, 2.24) is 14.7 Å². The number of methoxy groups -OCH3 is 1. The van der Waals surface area contributed by atoms with Crippen molar-refractivity contribution in [2.75, 3.05) is 39.8 Å². The van der Waals surface area contributed by atoms with Crippen LogP contribution in [0.2, 0.25) is 0 Å². The van der Waals surface area contributed by atoms with Crippen LogP contribution in [-0.4, -0.2) is 66.5 Å². The van der Waals surface area contributed by atoms with Gasteiger partial charge in [-0.1, -0.05) is 36.4 Å². The Balaban J connectivity index is 1.28. The normalized spacial score (nSPS) is 18.9. The number of nitrogens with zero attached hydrogens (tertiary/aromatic N) is 3. The highest BCUT2D eigenvalue weighted by molar-refractivity contribution is 5.81. The molecular weight excluding hydrogens is 362 g/mol. The van der Waals surface area contributed by atoms with Crippen LogP contribution in [0.3, 0.4) is 0 Å². The molecule has 0 aliphatic carbocycles. The molecule has 0 saturated carbocycles. The zero-order valence-electron chi connectivity index (χ0n) is 17.5. The smallest absolute Gasteiger partial charge is 0.239 e. The summed E-state index contributed by atoms with van der Waals surface area (Å²) in [7, 11) is 1.69. The number of fused-ring (bicyclic) bond motifs is 1. The molecule has 5 nitrogen and oxygen atoms in total. The molecule has 1 amide bonds. The molecule has 0 radical (unpaired) electrons. The monoisotopic (exact) mass is 393 g/mol. The molecule has 2 aromatic carbocycles. The van der Waals surface area contributed by atoms with Crippen LogP contribution in [0.1, 0.15) is 23.6 Å². The molecule has 1 saturated heterocycles. The van der Waals surface area contributed by atoms with Crippen molar-refractivity contribution in [3.63, 3.8) is 0 Å². The largest absolute Gasteiger partial charge is 0.497 e. The maximum atomic E-state index is 13.1. The number of amides is 1. The van der Waals surface area contributed by atoms with Crippen LogP contribution in [0.5, 0.6) is 5.75 Å². The Kier molecular flexibility index (Phi) is 6.16. The van der Waals surface area contributed by atoms with E-state index >= 15 is 0 Å². The molecule has 1 fully saturated rings. The number of piperazine rings is 1. The topological polar surface area (TPSA) is 36.0 Å². The lowest BCUT2D eigenvalue weighted by Gasteiger charge is -2.40. The molecule has 0 bridgehead atoms. The maximum Gasteiger partial charge on any atom is 0.239 e. The van der Waals surface area contributed by atoms with Gasteiger partial charge in [0.1, 0.15) is 5.75 Å². The molecule has 0 N–H and O–H groups in total. The summed E-state index contributed by atoms with van der Waals surface area (Å²) >= 11 is 0. The fourth-order valence-corrected chi connectivity index (χ4v) is 4.40. The van der Waals surface area contributed by atoms with E-state index in [0.717, 1.165) is 58.0 Å². The minimum atomic E-state index is -0.0524. The summed E-state index contributed by atoms with van der Waals surface area (Å²) in [5.41, 5.74) is 3.98. The number of ether oxygens (including phenoxy) is 1. The standard InChI is InChI=1S/C24H31N3O2/c1-19(24(28)27-12-11-21-5-3-4-6-22(21)18-27)26-15-13-25(14-16-26)17-20-7-9-23(29-2)10-8-20/h3-10,19H,11-18H2,1-2H3/t19-/m1/s1. The highest BCUT2D eigenvalue weighted by Gasteiger charge is 2.30. The van der Waals surface area contributed by atoms with Gasteiger partial charge in [-0.2, -0.15) is 0 Å². The van der Waals surface area contributed by atoms with Crippen molar-refractivity contribution in [3.8, 4) is 5.75 Å². The predicted molar refractivity (Wildman–Crippen MR) is 115 cm³/mol. The number of hydrogen-bond donors (Lipinski definition) is 0. The minimum absolute atomic E-state index is 0.0524. The van der Waals surface area contributed by atoms with Crippen molar-refractivity contribution in [3.05, 3.63) is 65.2 Å². The van der Waals surface area contributed by atoms with Crippen LogP contribution in [0, 0.1) is 0 Å². The fraction of sp³-hybridized carbons (Fsp3) is 0.458. The van der Waals surface area contributed by atoms with E-state index in [0.29, 0.717) is 0 Å². The first-order chi connectivity index (χ1) is 14.1. The maximum absolute atomic E-state index is 13.1. The zero-order chi connectivity index (χ0) is 20.2. The van der Waals surface area contributed by atoms with E-state index in [-0.39, 0.29) is 11.9 Å². The average Bonchev–Trinajstić information content (AvgIpc) is 2.79. The van der Waals surface area contributed by atoms with Gasteiger partial charge in [-0.25, -0.2) is 0 Å². The van der Waals surface area contributed by atoms with Crippen molar-refractivity contribution in [2.24, 2.45) is 0 Å². The van der Waals surface area contributed by atoms with Gasteiger partial charge in [-0.3, -0.25) is 14.6 Å². The first-order valence-corrected chi connectivity index (χ1v) is 10.6. The Morgan fingerprint density at radius 1 is 0.966 bits per heavy atom. The molecule has 2 aliphatic rings. The van der Waals surface area contributed by atoms with Crippen molar-refractivity contribution >= 4 is 5.91 Å². The molecule has 4 rings (SSSR count). The lowest BCUT2D eigenvalue weighted by molar-refractivity contribution is -0.138. The molecule has 1 atom stereocenters. The molecule has 0 unspecified atom stereocenters. The first-order valence-electron chi connectivity index (χ1n) is 10.6. The second-order valence-corrected chi connectivity index (χ2v) is 8.11. The summed E-state index contributed by atoms with van der Waals surface area (Å²) in [4.78, 5) is 19.9. The van der Waals surface area contributed by atoms with Crippen LogP contribution < -0.4 is 4.74 Å². The lowest BCUT2D eigenvalue weighted by Crippen LogP contribution is -2.54. The Morgan fingerprint density at radius 2 is 1.66 bits per heavy atom. The molecule has 2 aromatic rings. The molecule has 29 heavy (non-hydrogen) atoms. The van der Waals surface area contributed by atoms with E-state index < -0.39 is 0 Å². The average molecular weight is 394 g/mol. The minimum Gasteiger partial charge on any atom is -0.497 e. The van der Waals surface area contributed by atoms with Crippen LogP contribution in [0.4, 0.5) is 0 Å². The van der Waals surface area contributed by atoms with E-state index in [1.165, 1.54) is 16.7 Å². The third-order valence-electron chi connectivity index (χ3n) is 6.32. The van der Waals surface area contributed by atoms with Gasteiger partial charge in [0, 0.05) is 45.8 Å². The van der Waals surface area contributed by atoms with E-state index in [2.05, 4.69) is 53.1 Å². The lowest BCUT2D eigenvalue weighted by atomic mass is 9.99. The van der Waals surface area contributed by atoms with Gasteiger partial charge in [0.05, 0.1) is 13.2 Å². The number of benzene rings is 2. The van der Waals surface area contributed by atoms with E-state index in [9.17, 15) is 4.79 Å². The summed E-state index contributed by atoms with van der Waals surface area (Å²) in [5, 5.41) is 0. The van der Waals surface area contributed by atoms with Crippen LogP contribution in [-0.2, 0) is 24.3 Å². The summed E-state index contributed by atoms with van der Waals surface area (Å²) in [5.74, 6) is 1.16. The second-order valence-electron chi connectivity index (χ2n) is 8.11. The number of hydrogen-bond acceptors (Lipinski definition) is 4. The van der Waals surface area contributed by atoms with Gasteiger partial charge in [-0.05, 0) is 42.2 Å². The Hall–Kier alpha value is -2.37. The molecule has 0 spiro atoms. The van der Waals surface area contributed by atoms with Gasteiger partial charge in [0.15, 0.2) is 0 Å². The van der Waals surface area contributed by atoms with Crippen LogP contribution in [0.25, 0.3) is 0 Å². The highest BCUT2D eigenvalue weighted by Crippen LogP contribution is 2.21. The van der Waals surface area contributed by atoms with Gasteiger partial charge in [0.25, 0.3) is 0 Å². The number of carbonyl (C=O) groups is 1. The molecular formula is C24H31N3O2. The van der Waals surface area contributed by atoms with Crippen LogP contribution >= 0.6 is 0 Å². The van der Waals surface area contributed by atoms with Crippen molar-refractivity contribution < 1.29 is 9.53 Å². The molecule has 0 aromatic heterocycles. The van der Waals surface area contributed by atoms with Gasteiger partial charge in [-0.15, -0.1) is 0 Å². The summed E-state index contributed by atoms with van der Waals surface area (Å²) in [6.07, 6.45) is 0.963. The molecule has 5 heteroatoms. The first kappa shape index (κ1) is 19.9. The van der Waals surface area contributed by atoms with E-state index in [4.69, 9.17) is 4.74 Å². The third-order valence-corrected chi connectivity index (χ3v) is 6.32. The van der Waals surface area contributed by atoms with E-state index in [1.807, 2.05) is 17.0 Å². The van der Waals surface area contributed by atoms with Gasteiger partial charge in [0.2, 0.25) is 5.91 Å². The predicted octanol–water partition coefficient (Wildman–Crippen LogP) is 2.79. The molecule has 2 heterocycles. The van der Waals surface area contributed by atoms with E-state index in [1.54, 1.807) is 7.11 Å². The van der Waals surface area contributed by atoms with Crippen molar-refractivity contribution in [2.45, 2.75) is 32.5 Å². The SMILES string of the molecule is COc1ccc(CN2CCN([C@H](C)C(=O)N3CCc4ccccc4C3)CC2)cc1. The zero-order valence-corrected chi connectivity index (χ0v) is 17.5. The molecule has 2 aliphatic heterocycles. The Bertz CT molecular complexity index is 828. The highest BCUT2D eigenvalue weighted by atomic mass is 16.5. The van der Waals surface area contributed by atoms with Crippen molar-refractivity contribution in [1.29, 1.82) is 0 Å². The number of rotatable bonds is 5. The second kappa shape index (κ2) is 8.97. The fourth-order valence-electron chi connectivity index (χ4n) is 4.40. The quantitative estimate of drug-likeness (QED) is 0.783. The summed E-state index contributed by atoms with van der Waals surface area (Å²) in [6.45, 7) is 8.46. The van der Waals surface area contributed by atoms with Gasteiger partial charge >= 0.3 is 0 Å². The summed E-state index contributed by atoms with van der Waals surface area (Å²) in [6, 6.07) is 16.7. The Morgan fingerprint density at radius 3 is 2.34 bits per heavy atom.